The van der Waals surface area contributed by atoms with Crippen molar-refractivity contribution in [2.75, 3.05) is 38.1 Å². The zero-order chi connectivity index (χ0) is 21.7. The van der Waals surface area contributed by atoms with E-state index < -0.39 is 0 Å². The second kappa shape index (κ2) is 7.31. The normalized spacial score (nSPS) is 15.1. The van der Waals surface area contributed by atoms with Crippen LogP contribution in [-0.2, 0) is 0 Å². The van der Waals surface area contributed by atoms with Crippen molar-refractivity contribution in [3.63, 3.8) is 0 Å². The SMILES string of the molecule is CN1CCN(c2ccnc3[nH]c(-c4n[nH]c5ccc(-c6cncc(O)c6)nc45)cc23)CC1. The van der Waals surface area contributed by atoms with Gasteiger partial charge < -0.3 is 19.9 Å². The molecule has 3 N–H and O–H groups in total. The molecule has 6 heterocycles. The lowest BCUT2D eigenvalue weighted by molar-refractivity contribution is 0.313. The molecule has 0 aliphatic carbocycles. The van der Waals surface area contributed by atoms with Gasteiger partial charge in [0.05, 0.1) is 23.1 Å². The molecular weight excluding hydrogens is 404 g/mol. The summed E-state index contributed by atoms with van der Waals surface area (Å²) in [6.07, 6.45) is 4.94. The molecule has 0 spiro atoms. The molecule has 0 saturated carbocycles. The number of nitrogens with one attached hydrogen (secondary N) is 2. The number of nitrogens with zero attached hydrogens (tertiary/aromatic N) is 6. The first-order valence-electron chi connectivity index (χ1n) is 10.6. The molecule has 9 heteroatoms. The van der Waals surface area contributed by atoms with Crippen molar-refractivity contribution in [2.24, 2.45) is 0 Å². The summed E-state index contributed by atoms with van der Waals surface area (Å²) in [5, 5.41) is 18.5. The third-order valence-corrected chi connectivity index (χ3v) is 6.04. The third kappa shape index (κ3) is 3.14. The number of piperazine rings is 1. The average Bonchev–Trinajstić information content (AvgIpc) is 3.43. The highest BCUT2D eigenvalue weighted by Crippen LogP contribution is 2.33. The maximum Gasteiger partial charge on any atom is 0.139 e. The Bertz CT molecular complexity index is 1430. The van der Waals surface area contributed by atoms with Gasteiger partial charge in [-0.25, -0.2) is 9.97 Å². The van der Waals surface area contributed by atoms with E-state index in [1.165, 1.54) is 11.9 Å². The van der Waals surface area contributed by atoms with Gasteiger partial charge in [-0.3, -0.25) is 10.1 Å². The number of aromatic amines is 2. The van der Waals surface area contributed by atoms with Crippen molar-refractivity contribution in [1.29, 1.82) is 0 Å². The standard InChI is InChI=1S/C23H22N8O/c1-30-6-8-31(9-7-30)20-4-5-25-23-16(20)11-19(27-23)22-21-18(28-29-22)3-2-17(26-21)14-10-15(32)13-24-12-14/h2-5,10-13,32H,6-9H2,1H3,(H,25,27)(H,28,29). The molecule has 5 aromatic rings. The van der Waals surface area contributed by atoms with Crippen LogP contribution in [0, 0.1) is 0 Å². The van der Waals surface area contributed by atoms with Crippen LogP contribution >= 0.6 is 0 Å². The van der Waals surface area contributed by atoms with Gasteiger partial charge in [0, 0.05) is 55.2 Å². The Morgan fingerprint density at radius 1 is 1.03 bits per heavy atom. The lowest BCUT2D eigenvalue weighted by Crippen LogP contribution is -2.44. The van der Waals surface area contributed by atoms with Crippen LogP contribution in [0.25, 0.3) is 44.7 Å². The molecule has 6 rings (SSSR count). The molecular formula is C23H22N8O. The smallest absolute Gasteiger partial charge is 0.139 e. The van der Waals surface area contributed by atoms with Gasteiger partial charge in [0.1, 0.15) is 22.6 Å². The van der Waals surface area contributed by atoms with Crippen molar-refractivity contribution >= 4 is 27.8 Å². The summed E-state index contributed by atoms with van der Waals surface area (Å²) < 4.78 is 0. The predicted molar refractivity (Wildman–Crippen MR) is 124 cm³/mol. The predicted octanol–water partition coefficient (Wildman–Crippen LogP) is 3.02. The van der Waals surface area contributed by atoms with Gasteiger partial charge in [-0.05, 0) is 37.4 Å². The quantitative estimate of drug-likeness (QED) is 0.407. The largest absolute Gasteiger partial charge is 0.506 e. The number of rotatable bonds is 3. The number of fused-ring (bicyclic) bond motifs is 2. The monoisotopic (exact) mass is 426 g/mol. The average molecular weight is 426 g/mol. The molecule has 0 radical (unpaired) electrons. The Hall–Kier alpha value is -3.98. The van der Waals surface area contributed by atoms with E-state index in [1.807, 2.05) is 18.3 Å². The van der Waals surface area contributed by atoms with E-state index in [0.717, 1.165) is 70.9 Å². The van der Waals surface area contributed by atoms with E-state index in [1.54, 1.807) is 12.3 Å². The van der Waals surface area contributed by atoms with E-state index in [2.05, 4.69) is 54.1 Å². The van der Waals surface area contributed by atoms with Gasteiger partial charge in [0.15, 0.2) is 0 Å². The first-order valence-corrected chi connectivity index (χ1v) is 10.6. The van der Waals surface area contributed by atoms with Crippen molar-refractivity contribution in [1.82, 2.24) is 35.0 Å². The van der Waals surface area contributed by atoms with Gasteiger partial charge in [-0.1, -0.05) is 0 Å². The van der Waals surface area contributed by atoms with E-state index in [0.29, 0.717) is 0 Å². The number of H-pyrrole nitrogens is 2. The topological polar surface area (TPSA) is 110 Å². The maximum absolute atomic E-state index is 9.78. The van der Waals surface area contributed by atoms with E-state index >= 15 is 0 Å². The van der Waals surface area contributed by atoms with Crippen LogP contribution in [0.2, 0.25) is 0 Å². The molecule has 160 valence electrons. The van der Waals surface area contributed by atoms with Gasteiger partial charge >= 0.3 is 0 Å². The molecule has 1 aliphatic rings. The van der Waals surface area contributed by atoms with Crippen LogP contribution < -0.4 is 4.90 Å². The van der Waals surface area contributed by atoms with Crippen LogP contribution in [0.1, 0.15) is 0 Å². The number of aromatic hydroxyl groups is 1. The molecule has 0 unspecified atom stereocenters. The lowest BCUT2D eigenvalue weighted by atomic mass is 10.1. The van der Waals surface area contributed by atoms with E-state index in [4.69, 9.17) is 4.98 Å². The first-order chi connectivity index (χ1) is 15.7. The zero-order valence-electron chi connectivity index (χ0n) is 17.6. The van der Waals surface area contributed by atoms with E-state index in [9.17, 15) is 5.11 Å². The summed E-state index contributed by atoms with van der Waals surface area (Å²) >= 11 is 0. The molecule has 1 saturated heterocycles. The summed E-state index contributed by atoms with van der Waals surface area (Å²) in [4.78, 5) is 21.6. The molecule has 1 fully saturated rings. The maximum atomic E-state index is 9.78. The van der Waals surface area contributed by atoms with Gasteiger partial charge in [-0.15, -0.1) is 0 Å². The minimum absolute atomic E-state index is 0.106. The van der Waals surface area contributed by atoms with Crippen LogP contribution in [0.3, 0.4) is 0 Å². The highest BCUT2D eigenvalue weighted by molar-refractivity contribution is 5.97. The van der Waals surface area contributed by atoms with Gasteiger partial charge in [-0.2, -0.15) is 5.10 Å². The van der Waals surface area contributed by atoms with E-state index in [-0.39, 0.29) is 5.75 Å². The molecule has 32 heavy (non-hydrogen) atoms. The minimum Gasteiger partial charge on any atom is -0.506 e. The zero-order valence-corrected chi connectivity index (χ0v) is 17.6. The molecule has 5 aromatic heterocycles. The van der Waals surface area contributed by atoms with Crippen LogP contribution in [0.4, 0.5) is 5.69 Å². The number of hydrogen-bond acceptors (Lipinski definition) is 7. The fourth-order valence-electron chi connectivity index (χ4n) is 4.28. The second-order valence-corrected chi connectivity index (χ2v) is 8.16. The first kappa shape index (κ1) is 18.8. The summed E-state index contributed by atoms with van der Waals surface area (Å²) in [5.41, 5.74) is 6.66. The van der Waals surface area contributed by atoms with Crippen LogP contribution in [0.5, 0.6) is 5.75 Å². The lowest BCUT2D eigenvalue weighted by Gasteiger charge is -2.34. The second-order valence-electron chi connectivity index (χ2n) is 8.16. The number of anilines is 1. The van der Waals surface area contributed by atoms with Crippen molar-refractivity contribution in [3.05, 3.63) is 48.9 Å². The highest BCUT2D eigenvalue weighted by Gasteiger charge is 2.20. The number of pyridine rings is 3. The summed E-state index contributed by atoms with van der Waals surface area (Å²) in [5.74, 6) is 0.106. The summed E-state index contributed by atoms with van der Waals surface area (Å²) in [7, 11) is 2.16. The Morgan fingerprint density at radius 3 is 2.75 bits per heavy atom. The summed E-state index contributed by atoms with van der Waals surface area (Å²) in [6.45, 7) is 4.07. The third-order valence-electron chi connectivity index (χ3n) is 6.04. The molecule has 0 aromatic carbocycles. The van der Waals surface area contributed by atoms with Crippen molar-refractivity contribution < 1.29 is 5.11 Å². The number of hydrogen-bond donors (Lipinski definition) is 3. The van der Waals surface area contributed by atoms with Crippen molar-refractivity contribution in [2.45, 2.75) is 0 Å². The summed E-state index contributed by atoms with van der Waals surface area (Å²) in [6, 6.07) is 9.67. The molecule has 0 atom stereocenters. The Kier molecular flexibility index (Phi) is 4.29. The molecule has 9 nitrogen and oxygen atoms in total. The van der Waals surface area contributed by atoms with Gasteiger partial charge in [0.25, 0.3) is 0 Å². The van der Waals surface area contributed by atoms with Gasteiger partial charge in [0.2, 0.25) is 0 Å². The molecule has 1 aliphatic heterocycles. The fourth-order valence-corrected chi connectivity index (χ4v) is 4.28. The fraction of sp³-hybridized carbons (Fsp3) is 0.217. The van der Waals surface area contributed by atoms with Crippen molar-refractivity contribution in [3.8, 4) is 28.4 Å². The number of likely N-dealkylation sites (N-methyl/N-ethyl adjacent to an activating group) is 1. The molecule has 0 bridgehead atoms. The van der Waals surface area contributed by atoms with Crippen LogP contribution in [0.15, 0.2) is 48.9 Å². The molecule has 0 amide bonds. The minimum atomic E-state index is 0.106. The number of aromatic nitrogens is 6. The Balaban J connectivity index is 1.44. The Morgan fingerprint density at radius 2 is 1.91 bits per heavy atom. The Labute approximate surface area is 183 Å². The van der Waals surface area contributed by atoms with Crippen LogP contribution in [-0.4, -0.2) is 73.4 Å². The highest BCUT2D eigenvalue weighted by atomic mass is 16.3.